The van der Waals surface area contributed by atoms with Crippen molar-refractivity contribution in [3.63, 3.8) is 0 Å². The van der Waals surface area contributed by atoms with Crippen LogP contribution in [-0.4, -0.2) is 17.1 Å². The van der Waals surface area contributed by atoms with E-state index >= 15 is 0 Å². The maximum atomic E-state index is 5.14. The van der Waals surface area contributed by atoms with E-state index in [4.69, 9.17) is 4.74 Å². The van der Waals surface area contributed by atoms with Gasteiger partial charge in [-0.15, -0.1) is 0 Å². The molecule has 0 saturated carbocycles. The first-order valence-electron chi connectivity index (χ1n) is 6.59. The molecule has 0 amide bonds. The lowest BCUT2D eigenvalue weighted by molar-refractivity contribution is 0.185. The van der Waals surface area contributed by atoms with Gasteiger partial charge < -0.3 is 10.1 Å². The van der Waals surface area contributed by atoms with Crippen LogP contribution in [-0.2, 0) is 17.8 Å². The second-order valence-electron chi connectivity index (χ2n) is 4.50. The second kappa shape index (κ2) is 7.36. The van der Waals surface area contributed by atoms with Crippen LogP contribution >= 0.6 is 15.9 Å². The van der Waals surface area contributed by atoms with Crippen molar-refractivity contribution in [2.75, 3.05) is 12.4 Å². The Morgan fingerprint density at radius 2 is 2.10 bits per heavy atom. The normalized spacial score (nSPS) is 10.6. The van der Waals surface area contributed by atoms with Crippen molar-refractivity contribution >= 4 is 27.4 Å². The van der Waals surface area contributed by atoms with Gasteiger partial charge >= 0.3 is 0 Å². The molecular formula is C15H18BrN3O. The molecule has 20 heavy (non-hydrogen) atoms. The Bertz CT molecular complexity index is 575. The number of aromatic nitrogens is 2. The number of anilines is 2. The lowest BCUT2D eigenvalue weighted by Crippen LogP contribution is -2.01. The fraction of sp³-hybridized carbons (Fsp3) is 0.333. The summed E-state index contributed by atoms with van der Waals surface area (Å²) in [5.41, 5.74) is 2.12. The van der Waals surface area contributed by atoms with E-state index in [1.165, 1.54) is 0 Å². The van der Waals surface area contributed by atoms with Crippen molar-refractivity contribution in [1.82, 2.24) is 9.97 Å². The average molecular weight is 336 g/mol. The standard InChI is InChI=1S/C15H18BrN3O/c1-3-5-14-18-13(16)9-15(19-14)17-12-7-4-6-11(8-12)10-20-2/h4,6-9H,3,5,10H2,1-2H3,(H,17,18,19). The molecule has 1 aromatic carbocycles. The Kier molecular flexibility index (Phi) is 5.49. The van der Waals surface area contributed by atoms with Crippen LogP contribution in [0.5, 0.6) is 0 Å². The van der Waals surface area contributed by atoms with E-state index in [0.29, 0.717) is 6.61 Å². The molecule has 0 spiro atoms. The summed E-state index contributed by atoms with van der Waals surface area (Å²) in [6.07, 6.45) is 1.90. The first-order chi connectivity index (χ1) is 9.71. The Balaban J connectivity index is 2.18. The molecule has 4 nitrogen and oxygen atoms in total. The molecule has 0 saturated heterocycles. The van der Waals surface area contributed by atoms with Crippen LogP contribution in [0.25, 0.3) is 0 Å². The number of aryl methyl sites for hydroxylation is 1. The first-order valence-corrected chi connectivity index (χ1v) is 7.39. The zero-order valence-electron chi connectivity index (χ0n) is 11.7. The zero-order valence-corrected chi connectivity index (χ0v) is 13.3. The van der Waals surface area contributed by atoms with Crippen LogP contribution in [0.4, 0.5) is 11.5 Å². The molecule has 1 aromatic heterocycles. The molecule has 0 aliphatic rings. The highest BCUT2D eigenvalue weighted by molar-refractivity contribution is 9.10. The summed E-state index contributed by atoms with van der Waals surface area (Å²) < 4.78 is 5.94. The highest BCUT2D eigenvalue weighted by Crippen LogP contribution is 2.19. The van der Waals surface area contributed by atoms with Crippen LogP contribution in [0.3, 0.4) is 0 Å². The summed E-state index contributed by atoms with van der Waals surface area (Å²) in [5.74, 6) is 1.64. The lowest BCUT2D eigenvalue weighted by atomic mass is 10.2. The SMILES string of the molecule is CCCc1nc(Br)cc(Nc2cccc(COC)c2)n1. The first kappa shape index (κ1) is 14.9. The Morgan fingerprint density at radius 3 is 2.85 bits per heavy atom. The number of benzene rings is 1. The van der Waals surface area contributed by atoms with Gasteiger partial charge in [0.2, 0.25) is 0 Å². The number of methoxy groups -OCH3 is 1. The van der Waals surface area contributed by atoms with E-state index in [1.54, 1.807) is 7.11 Å². The van der Waals surface area contributed by atoms with Gasteiger partial charge in [-0.25, -0.2) is 9.97 Å². The minimum atomic E-state index is 0.601. The number of hydrogen-bond acceptors (Lipinski definition) is 4. The maximum absolute atomic E-state index is 5.14. The highest BCUT2D eigenvalue weighted by Gasteiger charge is 2.03. The van der Waals surface area contributed by atoms with E-state index in [1.807, 2.05) is 24.3 Å². The van der Waals surface area contributed by atoms with Gasteiger partial charge in [-0.2, -0.15) is 0 Å². The molecule has 5 heteroatoms. The predicted molar refractivity (Wildman–Crippen MR) is 84.2 cm³/mol. The molecule has 1 N–H and O–H groups in total. The fourth-order valence-electron chi connectivity index (χ4n) is 1.92. The van der Waals surface area contributed by atoms with Crippen molar-refractivity contribution in [3.05, 3.63) is 46.3 Å². The topological polar surface area (TPSA) is 47.0 Å². The molecule has 0 fully saturated rings. The summed E-state index contributed by atoms with van der Waals surface area (Å²) in [4.78, 5) is 8.87. The number of hydrogen-bond donors (Lipinski definition) is 1. The van der Waals surface area contributed by atoms with Crippen LogP contribution in [0.15, 0.2) is 34.9 Å². The molecule has 0 aliphatic heterocycles. The lowest BCUT2D eigenvalue weighted by Gasteiger charge is -2.09. The van der Waals surface area contributed by atoms with Gasteiger partial charge in [0.05, 0.1) is 6.61 Å². The van der Waals surface area contributed by atoms with Crippen molar-refractivity contribution in [3.8, 4) is 0 Å². The van der Waals surface area contributed by atoms with Crippen molar-refractivity contribution in [1.29, 1.82) is 0 Å². The molecule has 0 aliphatic carbocycles. The number of halogens is 1. The molecule has 0 radical (unpaired) electrons. The summed E-state index contributed by atoms with van der Waals surface area (Å²) >= 11 is 3.42. The second-order valence-corrected chi connectivity index (χ2v) is 5.31. The number of nitrogens with zero attached hydrogens (tertiary/aromatic N) is 2. The average Bonchev–Trinajstić information content (AvgIpc) is 2.39. The molecule has 2 aromatic rings. The molecule has 0 bridgehead atoms. The predicted octanol–water partition coefficient (Wildman–Crippen LogP) is 4.08. The van der Waals surface area contributed by atoms with Gasteiger partial charge in [0, 0.05) is 25.3 Å². The van der Waals surface area contributed by atoms with Crippen LogP contribution in [0.1, 0.15) is 24.7 Å². The summed E-state index contributed by atoms with van der Waals surface area (Å²) in [6.45, 7) is 2.72. The Morgan fingerprint density at radius 1 is 1.25 bits per heavy atom. The third kappa shape index (κ3) is 4.28. The molecule has 106 valence electrons. The van der Waals surface area contributed by atoms with Crippen LogP contribution in [0, 0.1) is 0 Å². The summed E-state index contributed by atoms with van der Waals surface area (Å²) in [6, 6.07) is 9.97. The Labute approximate surface area is 127 Å². The van der Waals surface area contributed by atoms with E-state index in [9.17, 15) is 0 Å². The monoisotopic (exact) mass is 335 g/mol. The summed E-state index contributed by atoms with van der Waals surface area (Å²) in [5, 5.41) is 3.31. The molecule has 0 unspecified atom stereocenters. The van der Waals surface area contributed by atoms with E-state index in [-0.39, 0.29) is 0 Å². The Hall–Kier alpha value is -1.46. The van der Waals surface area contributed by atoms with Gasteiger partial charge in [-0.1, -0.05) is 19.1 Å². The minimum Gasteiger partial charge on any atom is -0.380 e. The van der Waals surface area contributed by atoms with E-state index < -0.39 is 0 Å². The quantitative estimate of drug-likeness (QED) is 0.808. The van der Waals surface area contributed by atoms with Crippen molar-refractivity contribution in [2.24, 2.45) is 0 Å². The van der Waals surface area contributed by atoms with Gasteiger partial charge in [-0.3, -0.25) is 0 Å². The van der Waals surface area contributed by atoms with E-state index in [0.717, 1.165) is 40.3 Å². The van der Waals surface area contributed by atoms with Crippen LogP contribution < -0.4 is 5.32 Å². The smallest absolute Gasteiger partial charge is 0.135 e. The number of nitrogens with one attached hydrogen (secondary N) is 1. The maximum Gasteiger partial charge on any atom is 0.135 e. The largest absolute Gasteiger partial charge is 0.380 e. The van der Waals surface area contributed by atoms with E-state index in [2.05, 4.69) is 44.2 Å². The minimum absolute atomic E-state index is 0.601. The third-order valence-corrected chi connectivity index (χ3v) is 3.13. The van der Waals surface area contributed by atoms with Crippen molar-refractivity contribution in [2.45, 2.75) is 26.4 Å². The third-order valence-electron chi connectivity index (χ3n) is 2.73. The summed E-state index contributed by atoms with van der Waals surface area (Å²) in [7, 11) is 1.69. The van der Waals surface area contributed by atoms with Gasteiger partial charge in [-0.05, 0) is 40.0 Å². The number of ether oxygens (including phenoxy) is 1. The molecule has 1 heterocycles. The zero-order chi connectivity index (χ0) is 14.4. The van der Waals surface area contributed by atoms with Gasteiger partial charge in [0.1, 0.15) is 16.2 Å². The van der Waals surface area contributed by atoms with Gasteiger partial charge in [0.15, 0.2) is 0 Å². The highest BCUT2D eigenvalue weighted by atomic mass is 79.9. The van der Waals surface area contributed by atoms with Crippen molar-refractivity contribution < 1.29 is 4.74 Å². The molecule has 0 atom stereocenters. The fourth-order valence-corrected chi connectivity index (χ4v) is 2.34. The number of rotatable bonds is 6. The molecule has 2 rings (SSSR count). The van der Waals surface area contributed by atoms with Gasteiger partial charge in [0.25, 0.3) is 0 Å². The van der Waals surface area contributed by atoms with Crippen LogP contribution in [0.2, 0.25) is 0 Å². The molecular weight excluding hydrogens is 318 g/mol.